The van der Waals surface area contributed by atoms with Crippen LogP contribution in [0.5, 0.6) is 0 Å². The zero-order valence-electron chi connectivity index (χ0n) is 13.2. The van der Waals surface area contributed by atoms with Gasteiger partial charge in [-0.05, 0) is 0 Å². The number of hydrogen-bond acceptors (Lipinski definition) is 1. The van der Waals surface area contributed by atoms with Crippen molar-refractivity contribution in [3.05, 3.63) is 0 Å². The summed E-state index contributed by atoms with van der Waals surface area (Å²) >= 11 is 0. The van der Waals surface area contributed by atoms with Gasteiger partial charge in [0, 0.05) is 0 Å². The zero-order valence-corrected chi connectivity index (χ0v) is 13.2. The summed E-state index contributed by atoms with van der Waals surface area (Å²) in [5.74, 6) is -68.3. The van der Waals surface area contributed by atoms with Crippen LogP contribution >= 0.6 is 0 Å². The average Bonchev–Trinajstić information content (AvgIpc) is 2.52. The van der Waals surface area contributed by atoms with Crippen molar-refractivity contribution in [2.75, 3.05) is 0 Å². The fourth-order valence-corrected chi connectivity index (χ4v) is 1.55. The minimum Gasteiger partial charge on any atom is -0.296 e. The van der Waals surface area contributed by atoms with Crippen LogP contribution in [0.3, 0.4) is 0 Å². The van der Waals surface area contributed by atoms with Crippen molar-refractivity contribution >= 4 is 0 Å². The Morgan fingerprint density at radius 3 is 0.742 bits per heavy atom. The summed E-state index contributed by atoms with van der Waals surface area (Å²) in [5, 5.41) is 0. The third-order valence-electron chi connectivity index (χ3n) is 3.49. The third-order valence-corrected chi connectivity index (χ3v) is 3.49. The molecule has 31 heavy (non-hydrogen) atoms. The molecule has 0 saturated heterocycles. The molecule has 0 aliphatic carbocycles. The molecule has 0 aliphatic rings. The van der Waals surface area contributed by atoms with Crippen molar-refractivity contribution < 1.29 is 87.8 Å². The molecule has 0 spiro atoms. The van der Waals surface area contributed by atoms with E-state index in [2.05, 4.69) is 5.73 Å². The highest BCUT2D eigenvalue weighted by Crippen LogP contribution is 2.65. The van der Waals surface area contributed by atoms with Gasteiger partial charge in [-0.1, -0.05) is 0 Å². The van der Waals surface area contributed by atoms with E-state index in [1.807, 2.05) is 0 Å². The average molecular weight is 517 g/mol. The van der Waals surface area contributed by atoms with E-state index in [0.717, 1.165) is 0 Å². The molecule has 0 aromatic carbocycles. The molecule has 0 aromatic rings. The molecule has 0 saturated carbocycles. The van der Waals surface area contributed by atoms with Gasteiger partial charge in [-0.15, -0.1) is 0 Å². The fourth-order valence-electron chi connectivity index (χ4n) is 1.55. The number of halogens is 20. The van der Waals surface area contributed by atoms with E-state index >= 15 is 0 Å². The van der Waals surface area contributed by atoms with Gasteiger partial charge in [0.15, 0.2) is 0 Å². The lowest BCUT2D eigenvalue weighted by Gasteiger charge is -2.43. The molecule has 21 heteroatoms. The summed E-state index contributed by atoms with van der Waals surface area (Å²) in [6.45, 7) is 0. The molecule has 188 valence electrons. The quantitative estimate of drug-likeness (QED) is 0.316. The zero-order chi connectivity index (χ0) is 26.1. The summed E-state index contributed by atoms with van der Waals surface area (Å²) in [4.78, 5) is 0. The van der Waals surface area contributed by atoms with Gasteiger partial charge in [-0.3, -0.25) is 5.73 Å². The van der Waals surface area contributed by atoms with Gasteiger partial charge in [0.05, 0.1) is 0 Å². The smallest absolute Gasteiger partial charge is 0.296 e. The van der Waals surface area contributed by atoms with Crippen LogP contribution in [-0.2, 0) is 0 Å². The Kier molecular flexibility index (Phi) is 6.70. The van der Waals surface area contributed by atoms with Gasteiger partial charge in [0.25, 0.3) is 0 Å². The van der Waals surface area contributed by atoms with E-state index in [1.165, 1.54) is 0 Å². The van der Waals surface area contributed by atoms with E-state index in [0.29, 0.717) is 0 Å². The first kappa shape index (κ1) is 29.6. The van der Waals surface area contributed by atoms with Crippen molar-refractivity contribution in [2.24, 2.45) is 5.73 Å². The highest BCUT2D eigenvalue weighted by Gasteiger charge is 2.97. The van der Waals surface area contributed by atoms with Crippen LogP contribution in [0.1, 0.15) is 0 Å². The molecule has 0 bridgehead atoms. The van der Waals surface area contributed by atoms with E-state index in [9.17, 15) is 87.8 Å². The van der Waals surface area contributed by atoms with Crippen LogP contribution in [0.25, 0.3) is 0 Å². The first-order valence-electron chi connectivity index (χ1n) is 6.43. The molecule has 2 N–H and O–H groups in total. The standard InChI is InChI=1S/C10H3F20N/c11-1(31)2(12,13)3(14,15)4(16,17)5(18,19)6(20,21)7(22,23)8(24,25)9(26,27)10(28,29)30/h1H,31H2. The molecule has 0 heterocycles. The van der Waals surface area contributed by atoms with Crippen LogP contribution in [-0.4, -0.2) is 59.9 Å². The second kappa shape index (κ2) is 7.03. The van der Waals surface area contributed by atoms with Crippen molar-refractivity contribution in [1.82, 2.24) is 0 Å². The second-order valence-electron chi connectivity index (χ2n) is 5.54. The number of hydrogen-bond donors (Lipinski definition) is 1. The number of nitrogens with two attached hydrogens (primary N) is 1. The van der Waals surface area contributed by atoms with Crippen molar-refractivity contribution in [3.63, 3.8) is 0 Å². The van der Waals surface area contributed by atoms with Crippen LogP contribution in [0.4, 0.5) is 87.8 Å². The first-order chi connectivity index (χ1) is 12.9. The molecule has 0 aliphatic heterocycles. The number of alkyl halides is 20. The van der Waals surface area contributed by atoms with E-state index in [1.54, 1.807) is 0 Å². The molecule has 0 fully saturated rings. The SMILES string of the molecule is NC(F)C(F)(F)C(F)(F)C(F)(F)C(F)(F)C(F)(F)C(F)(F)C(F)(F)C(F)(F)C(F)(F)F. The monoisotopic (exact) mass is 517 g/mol. The lowest BCUT2D eigenvalue weighted by atomic mass is 9.87. The Morgan fingerprint density at radius 2 is 0.548 bits per heavy atom. The molecule has 1 atom stereocenters. The lowest BCUT2D eigenvalue weighted by molar-refractivity contribution is -0.470. The lowest BCUT2D eigenvalue weighted by Crippen LogP contribution is -2.76. The second-order valence-corrected chi connectivity index (χ2v) is 5.54. The largest absolute Gasteiger partial charge is 0.460 e. The van der Waals surface area contributed by atoms with Gasteiger partial charge in [-0.25, -0.2) is 4.39 Å². The Labute approximate surface area is 155 Å². The summed E-state index contributed by atoms with van der Waals surface area (Å²) in [6.07, 6.45) is -13.1. The summed E-state index contributed by atoms with van der Waals surface area (Å²) < 4.78 is 255. The maximum absolute atomic E-state index is 13.2. The highest BCUT2D eigenvalue weighted by atomic mass is 19.4. The predicted octanol–water partition coefficient (Wildman–Crippen LogP) is 5.89. The summed E-state index contributed by atoms with van der Waals surface area (Å²) in [5.41, 5.74) is 3.41. The van der Waals surface area contributed by atoms with Crippen LogP contribution in [0.15, 0.2) is 0 Å². The molecule has 1 nitrogen and oxygen atoms in total. The molecule has 0 amide bonds. The maximum Gasteiger partial charge on any atom is 0.460 e. The number of rotatable bonds is 8. The Morgan fingerprint density at radius 1 is 0.355 bits per heavy atom. The highest BCUT2D eigenvalue weighted by molar-refractivity contribution is 5.17. The summed E-state index contributed by atoms with van der Waals surface area (Å²) in [7, 11) is 0. The van der Waals surface area contributed by atoms with Gasteiger partial charge in [-0.2, -0.15) is 83.4 Å². The molecule has 1 unspecified atom stereocenters. The minimum atomic E-state index is -9.03. The topological polar surface area (TPSA) is 26.0 Å². The molecule has 0 aromatic heterocycles. The molecule has 0 radical (unpaired) electrons. The van der Waals surface area contributed by atoms with Gasteiger partial charge >= 0.3 is 53.6 Å². The van der Waals surface area contributed by atoms with Gasteiger partial charge in [0.1, 0.15) is 0 Å². The van der Waals surface area contributed by atoms with Crippen molar-refractivity contribution in [1.29, 1.82) is 0 Å². The predicted molar refractivity (Wildman–Crippen MR) is 54.7 cm³/mol. The van der Waals surface area contributed by atoms with E-state index in [4.69, 9.17) is 0 Å². The van der Waals surface area contributed by atoms with Crippen LogP contribution in [0, 0.1) is 0 Å². The molecular weight excluding hydrogens is 514 g/mol. The maximum atomic E-state index is 13.2. The third kappa shape index (κ3) is 3.44. The van der Waals surface area contributed by atoms with E-state index in [-0.39, 0.29) is 0 Å². The van der Waals surface area contributed by atoms with Gasteiger partial charge in [0.2, 0.25) is 6.30 Å². The first-order valence-corrected chi connectivity index (χ1v) is 6.43. The Balaban J connectivity index is 6.91. The van der Waals surface area contributed by atoms with Gasteiger partial charge < -0.3 is 0 Å². The van der Waals surface area contributed by atoms with Crippen LogP contribution in [0.2, 0.25) is 0 Å². The van der Waals surface area contributed by atoms with Crippen LogP contribution < -0.4 is 5.73 Å². The van der Waals surface area contributed by atoms with Crippen molar-refractivity contribution in [2.45, 2.75) is 59.9 Å². The molecule has 0 rings (SSSR count). The van der Waals surface area contributed by atoms with Crippen molar-refractivity contribution in [3.8, 4) is 0 Å². The van der Waals surface area contributed by atoms with E-state index < -0.39 is 59.9 Å². The Bertz CT molecular complexity index is 655. The minimum absolute atomic E-state index is 3.41. The normalized spacial score (nSPS) is 17.7. The Hall–Kier alpha value is -1.44. The fraction of sp³-hybridized carbons (Fsp3) is 1.00. The summed E-state index contributed by atoms with van der Waals surface area (Å²) in [6, 6.07) is 0. The molecular formula is C10H3F20N.